The molecule has 3 heteroatoms. The van der Waals surface area contributed by atoms with Crippen LogP contribution in [0.2, 0.25) is 0 Å². The molecule has 0 radical (unpaired) electrons. The molecule has 80 valence electrons. The van der Waals surface area contributed by atoms with Gasteiger partial charge in [-0.1, -0.05) is 13.0 Å². The summed E-state index contributed by atoms with van der Waals surface area (Å²) in [7, 11) is 1.96. The number of benzene rings is 1. The maximum Gasteiger partial charge on any atom is 0.132 e. The fraction of sp³-hybridized carbons (Fsp3) is 0.333. The van der Waals surface area contributed by atoms with Crippen LogP contribution in [0.5, 0.6) is 0 Å². The third-order valence-corrected chi connectivity index (χ3v) is 3.43. The van der Waals surface area contributed by atoms with Gasteiger partial charge in [0.15, 0.2) is 0 Å². The van der Waals surface area contributed by atoms with E-state index in [0.29, 0.717) is 0 Å². The lowest BCUT2D eigenvalue weighted by molar-refractivity contribution is 0.639. The van der Waals surface area contributed by atoms with E-state index < -0.39 is 0 Å². The summed E-state index contributed by atoms with van der Waals surface area (Å²) in [6.07, 6.45) is 2.02. The summed E-state index contributed by atoms with van der Waals surface area (Å²) in [4.78, 5) is 0. The van der Waals surface area contributed by atoms with Crippen molar-refractivity contribution < 1.29 is 4.39 Å². The summed E-state index contributed by atoms with van der Waals surface area (Å²) in [5.41, 5.74) is 2.07. The third-order valence-electron chi connectivity index (χ3n) is 2.50. The number of nitrogens with zero attached hydrogens (tertiary/aromatic N) is 1. The largest absolute Gasteiger partial charge is 0.350 e. The Balaban J connectivity index is 2.54. The van der Waals surface area contributed by atoms with Gasteiger partial charge in [0.1, 0.15) is 5.82 Å². The Morgan fingerprint density at radius 3 is 2.93 bits per heavy atom. The molecule has 0 unspecified atom stereocenters. The van der Waals surface area contributed by atoms with Gasteiger partial charge in [-0.2, -0.15) is 11.8 Å². The number of halogens is 1. The highest BCUT2D eigenvalue weighted by Crippen LogP contribution is 2.26. The smallest absolute Gasteiger partial charge is 0.132 e. The average molecular weight is 223 g/mol. The molecular weight excluding hydrogens is 209 g/mol. The van der Waals surface area contributed by atoms with Crippen molar-refractivity contribution in [3.63, 3.8) is 0 Å². The van der Waals surface area contributed by atoms with Gasteiger partial charge in [-0.25, -0.2) is 4.39 Å². The van der Waals surface area contributed by atoms with Crippen LogP contribution in [-0.2, 0) is 12.8 Å². The maximum atomic E-state index is 13.7. The fourth-order valence-electron chi connectivity index (χ4n) is 1.81. The molecule has 0 bridgehead atoms. The molecule has 0 aliphatic heterocycles. The molecule has 0 amide bonds. The molecule has 2 rings (SSSR count). The van der Waals surface area contributed by atoms with Crippen molar-refractivity contribution in [2.75, 3.05) is 5.75 Å². The molecule has 0 saturated heterocycles. The molecular formula is C12H14FNS. The minimum absolute atomic E-state index is 0.111. The van der Waals surface area contributed by atoms with E-state index in [2.05, 4.69) is 6.92 Å². The van der Waals surface area contributed by atoms with Crippen LogP contribution in [0.25, 0.3) is 10.9 Å². The third kappa shape index (κ3) is 1.88. The number of rotatable bonds is 3. The fourth-order valence-corrected chi connectivity index (χ4v) is 2.46. The van der Waals surface area contributed by atoms with Gasteiger partial charge in [0, 0.05) is 24.4 Å². The monoisotopic (exact) mass is 223 g/mol. The molecule has 0 spiro atoms. The van der Waals surface area contributed by atoms with Crippen LogP contribution in [0.15, 0.2) is 24.4 Å². The lowest BCUT2D eigenvalue weighted by Crippen LogP contribution is -1.83. The van der Waals surface area contributed by atoms with Gasteiger partial charge >= 0.3 is 0 Å². The van der Waals surface area contributed by atoms with Crippen LogP contribution in [0.3, 0.4) is 0 Å². The molecule has 1 nitrogen and oxygen atoms in total. The van der Waals surface area contributed by atoms with Crippen LogP contribution in [0.1, 0.15) is 12.5 Å². The first-order valence-electron chi connectivity index (χ1n) is 5.04. The van der Waals surface area contributed by atoms with Crippen molar-refractivity contribution >= 4 is 22.7 Å². The van der Waals surface area contributed by atoms with E-state index >= 15 is 0 Å². The molecule has 0 saturated carbocycles. The van der Waals surface area contributed by atoms with E-state index in [-0.39, 0.29) is 5.82 Å². The van der Waals surface area contributed by atoms with Gasteiger partial charge in [-0.3, -0.25) is 0 Å². The van der Waals surface area contributed by atoms with Crippen LogP contribution < -0.4 is 0 Å². The maximum absolute atomic E-state index is 13.7. The molecule has 0 fully saturated rings. The van der Waals surface area contributed by atoms with Crippen molar-refractivity contribution in [1.82, 2.24) is 4.57 Å². The zero-order chi connectivity index (χ0) is 10.8. The lowest BCUT2D eigenvalue weighted by Gasteiger charge is -1.98. The second-order valence-electron chi connectivity index (χ2n) is 3.54. The molecule has 0 atom stereocenters. The molecule has 2 aromatic rings. The molecule has 0 N–H and O–H groups in total. The zero-order valence-corrected chi connectivity index (χ0v) is 9.77. The van der Waals surface area contributed by atoms with E-state index in [4.69, 9.17) is 0 Å². The predicted molar refractivity (Wildman–Crippen MR) is 64.7 cm³/mol. The summed E-state index contributed by atoms with van der Waals surface area (Å²) in [5.74, 6) is 1.83. The van der Waals surface area contributed by atoms with Crippen LogP contribution in [0.4, 0.5) is 4.39 Å². The zero-order valence-electron chi connectivity index (χ0n) is 8.96. The number of hydrogen-bond donors (Lipinski definition) is 0. The molecule has 1 aromatic carbocycles. The minimum Gasteiger partial charge on any atom is -0.350 e. The summed E-state index contributed by atoms with van der Waals surface area (Å²) in [6.45, 7) is 2.12. The number of thioether (sulfide) groups is 1. The van der Waals surface area contributed by atoms with E-state index in [1.54, 1.807) is 6.07 Å². The van der Waals surface area contributed by atoms with E-state index in [1.807, 2.05) is 35.6 Å². The summed E-state index contributed by atoms with van der Waals surface area (Å²) in [6, 6.07) is 5.25. The normalized spacial score (nSPS) is 11.1. The van der Waals surface area contributed by atoms with Gasteiger partial charge in [0.25, 0.3) is 0 Å². The summed E-state index contributed by atoms with van der Waals surface area (Å²) < 4.78 is 15.7. The van der Waals surface area contributed by atoms with Crippen molar-refractivity contribution in [3.8, 4) is 0 Å². The molecule has 0 aliphatic rings. The number of hydrogen-bond acceptors (Lipinski definition) is 1. The Morgan fingerprint density at radius 2 is 2.20 bits per heavy atom. The van der Waals surface area contributed by atoms with E-state index in [9.17, 15) is 4.39 Å². The Hall–Kier alpha value is -0.960. The number of aromatic nitrogens is 1. The SMILES string of the molecule is CCSCc1cn(C)c2cccc(F)c12. The first kappa shape index (κ1) is 10.6. The van der Waals surface area contributed by atoms with Crippen LogP contribution in [0, 0.1) is 5.82 Å². The highest BCUT2D eigenvalue weighted by molar-refractivity contribution is 7.98. The number of fused-ring (bicyclic) bond motifs is 1. The Labute approximate surface area is 93.3 Å². The summed E-state index contributed by atoms with van der Waals surface area (Å²) in [5, 5.41) is 0.779. The Kier molecular flexibility index (Phi) is 3.00. The van der Waals surface area contributed by atoms with Gasteiger partial charge in [-0.15, -0.1) is 0 Å². The van der Waals surface area contributed by atoms with Gasteiger partial charge in [0.2, 0.25) is 0 Å². The first-order chi connectivity index (χ1) is 7.24. The average Bonchev–Trinajstić information content (AvgIpc) is 2.55. The molecule has 15 heavy (non-hydrogen) atoms. The molecule has 0 aliphatic carbocycles. The predicted octanol–water partition coefficient (Wildman–Crippen LogP) is 3.57. The quantitative estimate of drug-likeness (QED) is 0.770. The Bertz CT molecular complexity index is 476. The van der Waals surface area contributed by atoms with E-state index in [0.717, 1.165) is 28.0 Å². The number of aryl methyl sites for hydroxylation is 1. The topological polar surface area (TPSA) is 4.93 Å². The highest BCUT2D eigenvalue weighted by Gasteiger charge is 2.09. The Morgan fingerprint density at radius 1 is 1.40 bits per heavy atom. The van der Waals surface area contributed by atoms with Crippen LogP contribution >= 0.6 is 11.8 Å². The molecule has 1 heterocycles. The second kappa shape index (κ2) is 4.27. The van der Waals surface area contributed by atoms with Crippen molar-refractivity contribution in [2.24, 2.45) is 7.05 Å². The molecule has 1 aromatic heterocycles. The summed E-state index contributed by atoms with van der Waals surface area (Å²) >= 11 is 1.82. The van der Waals surface area contributed by atoms with E-state index in [1.165, 1.54) is 6.07 Å². The van der Waals surface area contributed by atoms with Gasteiger partial charge in [-0.05, 0) is 23.4 Å². The van der Waals surface area contributed by atoms with Crippen molar-refractivity contribution in [3.05, 3.63) is 35.8 Å². The highest BCUT2D eigenvalue weighted by atomic mass is 32.2. The lowest BCUT2D eigenvalue weighted by atomic mass is 10.2. The van der Waals surface area contributed by atoms with Crippen LogP contribution in [-0.4, -0.2) is 10.3 Å². The second-order valence-corrected chi connectivity index (χ2v) is 4.81. The van der Waals surface area contributed by atoms with Crippen molar-refractivity contribution in [2.45, 2.75) is 12.7 Å². The van der Waals surface area contributed by atoms with Gasteiger partial charge in [0.05, 0.1) is 5.52 Å². The standard InChI is InChI=1S/C12H14FNS/c1-3-15-8-9-7-14(2)11-6-4-5-10(13)12(9)11/h4-7H,3,8H2,1-2H3. The first-order valence-corrected chi connectivity index (χ1v) is 6.19. The van der Waals surface area contributed by atoms with Gasteiger partial charge < -0.3 is 4.57 Å². The minimum atomic E-state index is -0.111. The van der Waals surface area contributed by atoms with Crippen molar-refractivity contribution in [1.29, 1.82) is 0 Å².